The molecule has 2 saturated heterocycles. The SMILES string of the molecule is COc1cccc2c(N3CCN(C(=O)C4CCCO4)CC3)c(C#N)cnc12. The van der Waals surface area contributed by atoms with Gasteiger partial charge >= 0.3 is 0 Å². The minimum atomic E-state index is -0.280. The molecule has 1 aromatic heterocycles. The van der Waals surface area contributed by atoms with Crippen LogP contribution in [0, 0.1) is 11.3 Å². The molecule has 27 heavy (non-hydrogen) atoms. The van der Waals surface area contributed by atoms with Crippen molar-refractivity contribution in [2.24, 2.45) is 0 Å². The zero-order valence-electron chi connectivity index (χ0n) is 15.4. The van der Waals surface area contributed by atoms with Crippen LogP contribution in [0.1, 0.15) is 18.4 Å². The average molecular weight is 366 g/mol. The van der Waals surface area contributed by atoms with Gasteiger partial charge in [-0.25, -0.2) is 0 Å². The van der Waals surface area contributed by atoms with Crippen LogP contribution in [0.15, 0.2) is 24.4 Å². The fourth-order valence-corrected chi connectivity index (χ4v) is 3.90. The Morgan fingerprint density at radius 1 is 1.33 bits per heavy atom. The summed E-state index contributed by atoms with van der Waals surface area (Å²) in [5.41, 5.74) is 2.15. The molecule has 1 atom stereocenters. The summed E-state index contributed by atoms with van der Waals surface area (Å²) < 4.78 is 10.9. The van der Waals surface area contributed by atoms with Gasteiger partial charge in [-0.05, 0) is 18.9 Å². The van der Waals surface area contributed by atoms with Crippen LogP contribution in [0.25, 0.3) is 10.9 Å². The number of methoxy groups -OCH3 is 1. The van der Waals surface area contributed by atoms with E-state index in [9.17, 15) is 10.1 Å². The first-order valence-electron chi connectivity index (χ1n) is 9.24. The molecule has 7 heteroatoms. The number of pyridine rings is 1. The number of piperazine rings is 1. The van der Waals surface area contributed by atoms with Crippen LogP contribution in [0.5, 0.6) is 5.75 Å². The Kier molecular flexibility index (Phi) is 4.82. The number of nitrogens with zero attached hydrogens (tertiary/aromatic N) is 4. The van der Waals surface area contributed by atoms with Gasteiger partial charge in [-0.2, -0.15) is 5.26 Å². The number of para-hydroxylation sites is 1. The normalized spacial score (nSPS) is 19.9. The molecule has 1 aromatic carbocycles. The number of amides is 1. The molecule has 140 valence electrons. The van der Waals surface area contributed by atoms with Gasteiger partial charge in [0.1, 0.15) is 23.4 Å². The first-order valence-corrected chi connectivity index (χ1v) is 9.24. The summed E-state index contributed by atoms with van der Waals surface area (Å²) in [5, 5.41) is 10.5. The van der Waals surface area contributed by atoms with E-state index in [0.29, 0.717) is 44.1 Å². The first kappa shape index (κ1) is 17.6. The number of ether oxygens (including phenoxy) is 2. The highest BCUT2D eigenvalue weighted by atomic mass is 16.5. The highest BCUT2D eigenvalue weighted by Gasteiger charge is 2.31. The van der Waals surface area contributed by atoms with Gasteiger partial charge in [0, 0.05) is 44.4 Å². The Morgan fingerprint density at radius 2 is 2.15 bits per heavy atom. The molecule has 1 amide bonds. The summed E-state index contributed by atoms with van der Waals surface area (Å²) in [6.07, 6.45) is 3.08. The Labute approximate surface area is 158 Å². The van der Waals surface area contributed by atoms with Gasteiger partial charge < -0.3 is 19.3 Å². The lowest BCUT2D eigenvalue weighted by Gasteiger charge is -2.37. The molecular formula is C20H22N4O3. The van der Waals surface area contributed by atoms with Crippen LogP contribution in [0.2, 0.25) is 0 Å². The summed E-state index contributed by atoms with van der Waals surface area (Å²) in [4.78, 5) is 21.0. The summed E-state index contributed by atoms with van der Waals surface area (Å²) in [5.74, 6) is 0.777. The van der Waals surface area contributed by atoms with Crippen LogP contribution >= 0.6 is 0 Å². The van der Waals surface area contributed by atoms with Gasteiger partial charge in [0.15, 0.2) is 0 Å². The minimum Gasteiger partial charge on any atom is -0.494 e. The number of fused-ring (bicyclic) bond motifs is 1. The maximum Gasteiger partial charge on any atom is 0.251 e. The average Bonchev–Trinajstić information content (AvgIpc) is 3.27. The third kappa shape index (κ3) is 3.17. The van der Waals surface area contributed by atoms with Crippen LogP contribution in [-0.4, -0.2) is 61.8 Å². The second kappa shape index (κ2) is 7.41. The van der Waals surface area contributed by atoms with Crippen molar-refractivity contribution >= 4 is 22.5 Å². The predicted molar refractivity (Wildman–Crippen MR) is 101 cm³/mol. The number of carbonyl (C=O) groups is 1. The Balaban J connectivity index is 1.60. The topological polar surface area (TPSA) is 78.7 Å². The lowest BCUT2D eigenvalue weighted by atomic mass is 10.1. The molecular weight excluding hydrogens is 344 g/mol. The van der Waals surface area contributed by atoms with Crippen molar-refractivity contribution in [1.29, 1.82) is 5.26 Å². The molecule has 0 spiro atoms. The summed E-state index contributed by atoms with van der Waals surface area (Å²) in [6.45, 7) is 3.26. The largest absolute Gasteiger partial charge is 0.494 e. The lowest BCUT2D eigenvalue weighted by Crippen LogP contribution is -2.51. The van der Waals surface area contributed by atoms with Crippen molar-refractivity contribution in [2.45, 2.75) is 18.9 Å². The molecule has 0 aliphatic carbocycles. The molecule has 0 bridgehead atoms. The van der Waals surface area contributed by atoms with E-state index in [0.717, 1.165) is 29.4 Å². The Hall–Kier alpha value is -2.85. The Bertz CT molecular complexity index is 894. The number of nitriles is 1. The van der Waals surface area contributed by atoms with E-state index >= 15 is 0 Å². The molecule has 1 unspecified atom stereocenters. The molecule has 3 heterocycles. The van der Waals surface area contributed by atoms with Gasteiger partial charge in [0.05, 0.1) is 18.4 Å². The van der Waals surface area contributed by atoms with Gasteiger partial charge in [-0.15, -0.1) is 0 Å². The Morgan fingerprint density at radius 3 is 2.81 bits per heavy atom. The predicted octanol–water partition coefficient (Wildman–Crippen LogP) is 1.94. The van der Waals surface area contributed by atoms with Crippen LogP contribution in [0.3, 0.4) is 0 Å². The van der Waals surface area contributed by atoms with Crippen molar-refractivity contribution < 1.29 is 14.3 Å². The van der Waals surface area contributed by atoms with E-state index in [-0.39, 0.29) is 12.0 Å². The number of hydrogen-bond acceptors (Lipinski definition) is 6. The molecule has 2 aliphatic rings. The molecule has 0 saturated carbocycles. The number of benzene rings is 1. The zero-order chi connectivity index (χ0) is 18.8. The molecule has 2 fully saturated rings. The van der Waals surface area contributed by atoms with Crippen molar-refractivity contribution in [3.8, 4) is 11.8 Å². The van der Waals surface area contributed by atoms with Crippen LogP contribution in [-0.2, 0) is 9.53 Å². The fourth-order valence-electron chi connectivity index (χ4n) is 3.90. The van der Waals surface area contributed by atoms with Crippen molar-refractivity contribution in [2.75, 3.05) is 44.8 Å². The first-order chi connectivity index (χ1) is 13.2. The van der Waals surface area contributed by atoms with E-state index in [1.165, 1.54) is 0 Å². The van der Waals surface area contributed by atoms with Crippen molar-refractivity contribution in [1.82, 2.24) is 9.88 Å². The summed E-state index contributed by atoms with van der Waals surface area (Å²) in [7, 11) is 1.61. The van der Waals surface area contributed by atoms with Gasteiger partial charge in [-0.1, -0.05) is 12.1 Å². The number of carbonyl (C=O) groups excluding carboxylic acids is 1. The van der Waals surface area contributed by atoms with Crippen molar-refractivity contribution in [3.05, 3.63) is 30.0 Å². The molecule has 2 aromatic rings. The van der Waals surface area contributed by atoms with Gasteiger partial charge in [0.25, 0.3) is 5.91 Å². The third-order valence-electron chi connectivity index (χ3n) is 5.29. The molecule has 0 radical (unpaired) electrons. The summed E-state index contributed by atoms with van der Waals surface area (Å²) in [6, 6.07) is 7.99. The van der Waals surface area contributed by atoms with Gasteiger partial charge in [-0.3, -0.25) is 9.78 Å². The number of hydrogen-bond donors (Lipinski definition) is 0. The van der Waals surface area contributed by atoms with E-state index < -0.39 is 0 Å². The molecule has 4 rings (SSSR count). The third-order valence-corrected chi connectivity index (χ3v) is 5.29. The van der Waals surface area contributed by atoms with E-state index in [4.69, 9.17) is 9.47 Å². The second-order valence-electron chi connectivity index (χ2n) is 6.80. The number of aromatic nitrogens is 1. The van der Waals surface area contributed by atoms with Gasteiger partial charge in [0.2, 0.25) is 0 Å². The highest BCUT2D eigenvalue weighted by molar-refractivity contribution is 5.97. The monoisotopic (exact) mass is 366 g/mol. The van der Waals surface area contributed by atoms with Crippen LogP contribution in [0.4, 0.5) is 5.69 Å². The van der Waals surface area contributed by atoms with E-state index in [1.54, 1.807) is 13.3 Å². The lowest BCUT2D eigenvalue weighted by molar-refractivity contribution is -0.141. The maximum absolute atomic E-state index is 12.6. The van der Waals surface area contributed by atoms with Crippen LogP contribution < -0.4 is 9.64 Å². The quantitative estimate of drug-likeness (QED) is 0.826. The second-order valence-corrected chi connectivity index (χ2v) is 6.80. The molecule has 2 aliphatic heterocycles. The molecule has 7 nitrogen and oxygen atoms in total. The molecule has 0 N–H and O–H groups in total. The van der Waals surface area contributed by atoms with E-state index in [1.807, 2.05) is 23.1 Å². The van der Waals surface area contributed by atoms with Crippen molar-refractivity contribution in [3.63, 3.8) is 0 Å². The van der Waals surface area contributed by atoms with E-state index in [2.05, 4.69) is 16.0 Å². The maximum atomic E-state index is 12.6. The number of anilines is 1. The fraction of sp³-hybridized carbons (Fsp3) is 0.450. The minimum absolute atomic E-state index is 0.0916. The standard InChI is InChI=1S/C20H22N4O3/c1-26-16-5-2-4-15-18(16)22-13-14(12-21)19(15)23-7-9-24(10-8-23)20(25)17-6-3-11-27-17/h2,4-5,13,17H,3,6-11H2,1H3. The smallest absolute Gasteiger partial charge is 0.251 e. The summed E-state index contributed by atoms with van der Waals surface area (Å²) >= 11 is 0. The highest BCUT2D eigenvalue weighted by Crippen LogP contribution is 2.34. The zero-order valence-corrected chi connectivity index (χ0v) is 15.4. The number of rotatable bonds is 3.